The fourth-order valence-electron chi connectivity index (χ4n) is 3.22. The van der Waals surface area contributed by atoms with E-state index in [0.717, 1.165) is 10.4 Å². The van der Waals surface area contributed by atoms with Crippen molar-refractivity contribution in [1.82, 2.24) is 4.90 Å². The van der Waals surface area contributed by atoms with Crippen molar-refractivity contribution in [3.05, 3.63) is 40.9 Å². The molecule has 0 aliphatic carbocycles. The lowest BCUT2D eigenvalue weighted by molar-refractivity contribution is 0.208. The summed E-state index contributed by atoms with van der Waals surface area (Å²) >= 11 is 3.53. The Labute approximate surface area is 135 Å². The van der Waals surface area contributed by atoms with E-state index in [4.69, 9.17) is 0 Å². The van der Waals surface area contributed by atoms with Crippen molar-refractivity contribution in [3.8, 4) is 0 Å². The Bertz CT molecular complexity index is 618. The lowest BCUT2D eigenvalue weighted by Gasteiger charge is -2.33. The third-order valence-electron chi connectivity index (χ3n) is 4.67. The predicted molar refractivity (Wildman–Crippen MR) is 95.0 cm³/mol. The van der Waals surface area contributed by atoms with E-state index in [2.05, 4.69) is 76.5 Å². The second-order valence-corrected chi connectivity index (χ2v) is 7.20. The second-order valence-electron chi connectivity index (χ2n) is 6.28. The van der Waals surface area contributed by atoms with Gasteiger partial charge in [-0.3, -0.25) is 0 Å². The van der Waals surface area contributed by atoms with E-state index >= 15 is 0 Å². The van der Waals surface area contributed by atoms with Gasteiger partial charge >= 0.3 is 0 Å². The summed E-state index contributed by atoms with van der Waals surface area (Å²) in [4.78, 5) is 2.43. The summed E-state index contributed by atoms with van der Waals surface area (Å²) in [6.45, 7) is 4.77. The molecule has 2 nitrogen and oxygen atoms in total. The van der Waals surface area contributed by atoms with Crippen molar-refractivity contribution in [2.24, 2.45) is 5.92 Å². The summed E-state index contributed by atoms with van der Waals surface area (Å²) in [5.41, 5.74) is 1.23. The maximum absolute atomic E-state index is 3.70. The molecule has 0 spiro atoms. The van der Waals surface area contributed by atoms with Crippen LogP contribution >= 0.6 is 15.9 Å². The highest BCUT2D eigenvalue weighted by atomic mass is 79.9. The molecule has 1 aliphatic rings. The highest BCUT2D eigenvalue weighted by Gasteiger charge is 2.22. The summed E-state index contributed by atoms with van der Waals surface area (Å²) in [6.07, 6.45) is 2.59. The zero-order valence-corrected chi connectivity index (χ0v) is 14.4. The zero-order valence-electron chi connectivity index (χ0n) is 12.8. The first kappa shape index (κ1) is 14.9. The molecule has 3 heteroatoms. The van der Waals surface area contributed by atoms with Crippen LogP contribution in [0.3, 0.4) is 0 Å². The third-order valence-corrected chi connectivity index (χ3v) is 5.16. The molecule has 112 valence electrons. The van der Waals surface area contributed by atoms with Crippen molar-refractivity contribution in [1.29, 1.82) is 0 Å². The van der Waals surface area contributed by atoms with Gasteiger partial charge in [0.1, 0.15) is 0 Å². The van der Waals surface area contributed by atoms with Crippen molar-refractivity contribution in [2.45, 2.75) is 25.8 Å². The quantitative estimate of drug-likeness (QED) is 0.862. The molecule has 2 aromatic rings. The fraction of sp³-hybridized carbons (Fsp3) is 0.444. The molecule has 0 saturated carbocycles. The normalized spacial score (nSPS) is 18.8. The van der Waals surface area contributed by atoms with Crippen molar-refractivity contribution in [2.75, 3.05) is 25.5 Å². The molecule has 0 amide bonds. The maximum Gasteiger partial charge on any atom is 0.0348 e. The maximum atomic E-state index is 3.70. The summed E-state index contributed by atoms with van der Waals surface area (Å²) in [5.74, 6) is 0.779. The Morgan fingerprint density at radius 3 is 2.52 bits per heavy atom. The van der Waals surface area contributed by atoms with Gasteiger partial charge in [0.25, 0.3) is 0 Å². The first-order valence-electron chi connectivity index (χ1n) is 7.76. The average molecular weight is 347 g/mol. The Morgan fingerprint density at radius 2 is 1.76 bits per heavy atom. The number of anilines is 1. The van der Waals surface area contributed by atoms with E-state index in [0.29, 0.717) is 6.04 Å². The molecule has 1 fully saturated rings. The molecule has 1 heterocycles. The second kappa shape index (κ2) is 6.37. The number of nitrogens with one attached hydrogen (secondary N) is 1. The molecular formula is C18H23BrN2. The first-order valence-corrected chi connectivity index (χ1v) is 8.55. The van der Waals surface area contributed by atoms with E-state index in [1.165, 1.54) is 42.4 Å². The van der Waals surface area contributed by atoms with E-state index < -0.39 is 0 Å². The van der Waals surface area contributed by atoms with Crippen LogP contribution in [0, 0.1) is 5.92 Å². The number of fused-ring (bicyclic) bond motifs is 1. The zero-order chi connectivity index (χ0) is 14.8. The number of hydrogen-bond acceptors (Lipinski definition) is 2. The molecule has 1 aliphatic heterocycles. The highest BCUT2D eigenvalue weighted by Crippen LogP contribution is 2.26. The standard InChI is InChI=1S/C18H23BrN2/c1-13(14-7-9-21(2)10-8-14)20-18-6-4-15-11-17(19)5-3-16(15)12-18/h3-6,11-14,20H,7-10H2,1-2H3. The summed E-state index contributed by atoms with van der Waals surface area (Å²) in [7, 11) is 2.22. The summed E-state index contributed by atoms with van der Waals surface area (Å²) in [6, 6.07) is 13.6. The number of benzene rings is 2. The van der Waals surface area contributed by atoms with Gasteiger partial charge in [0, 0.05) is 16.2 Å². The van der Waals surface area contributed by atoms with Crippen LogP contribution in [-0.2, 0) is 0 Å². The molecule has 0 aromatic heterocycles. The number of hydrogen-bond donors (Lipinski definition) is 1. The number of piperidine rings is 1. The van der Waals surface area contributed by atoms with Gasteiger partial charge < -0.3 is 10.2 Å². The molecular weight excluding hydrogens is 324 g/mol. The van der Waals surface area contributed by atoms with Gasteiger partial charge in [-0.2, -0.15) is 0 Å². The number of likely N-dealkylation sites (tertiary alicyclic amines) is 1. The van der Waals surface area contributed by atoms with Crippen LogP contribution in [0.25, 0.3) is 10.8 Å². The van der Waals surface area contributed by atoms with E-state index in [1.54, 1.807) is 0 Å². The molecule has 1 atom stereocenters. The largest absolute Gasteiger partial charge is 0.382 e. The van der Waals surface area contributed by atoms with Gasteiger partial charge in [-0.1, -0.05) is 28.1 Å². The summed E-state index contributed by atoms with van der Waals surface area (Å²) in [5, 5.41) is 6.27. The van der Waals surface area contributed by atoms with Crippen LogP contribution in [0.15, 0.2) is 40.9 Å². The van der Waals surface area contributed by atoms with Gasteiger partial charge in [-0.15, -0.1) is 0 Å². The Morgan fingerprint density at radius 1 is 1.10 bits per heavy atom. The molecule has 0 bridgehead atoms. The molecule has 1 unspecified atom stereocenters. The van der Waals surface area contributed by atoms with E-state index in [1.807, 2.05) is 0 Å². The minimum atomic E-state index is 0.534. The van der Waals surface area contributed by atoms with Gasteiger partial charge in [0.2, 0.25) is 0 Å². The Balaban J connectivity index is 1.71. The minimum absolute atomic E-state index is 0.534. The lowest BCUT2D eigenvalue weighted by atomic mass is 9.90. The molecule has 3 rings (SSSR count). The van der Waals surface area contributed by atoms with Crippen LogP contribution in [-0.4, -0.2) is 31.1 Å². The number of nitrogens with zero attached hydrogens (tertiary/aromatic N) is 1. The number of halogens is 1. The topological polar surface area (TPSA) is 15.3 Å². The predicted octanol–water partition coefficient (Wildman–Crippen LogP) is 4.74. The van der Waals surface area contributed by atoms with Crippen LogP contribution in [0.2, 0.25) is 0 Å². The SMILES string of the molecule is CC(Nc1ccc2cc(Br)ccc2c1)C1CCN(C)CC1. The van der Waals surface area contributed by atoms with E-state index in [-0.39, 0.29) is 0 Å². The third kappa shape index (κ3) is 3.58. The monoisotopic (exact) mass is 346 g/mol. The lowest BCUT2D eigenvalue weighted by Crippen LogP contribution is -2.37. The van der Waals surface area contributed by atoms with Crippen molar-refractivity contribution >= 4 is 32.4 Å². The van der Waals surface area contributed by atoms with Crippen LogP contribution in [0.5, 0.6) is 0 Å². The summed E-state index contributed by atoms with van der Waals surface area (Å²) < 4.78 is 1.13. The number of rotatable bonds is 3. The molecule has 21 heavy (non-hydrogen) atoms. The average Bonchev–Trinajstić information content (AvgIpc) is 2.48. The van der Waals surface area contributed by atoms with Crippen LogP contribution < -0.4 is 5.32 Å². The molecule has 2 aromatic carbocycles. The Hall–Kier alpha value is -1.06. The molecule has 1 saturated heterocycles. The molecule has 0 radical (unpaired) electrons. The molecule has 1 N–H and O–H groups in total. The fourth-order valence-corrected chi connectivity index (χ4v) is 3.59. The van der Waals surface area contributed by atoms with Gasteiger partial charge in [0.15, 0.2) is 0 Å². The van der Waals surface area contributed by atoms with Gasteiger partial charge in [0.05, 0.1) is 0 Å². The first-order chi connectivity index (χ1) is 10.1. The van der Waals surface area contributed by atoms with Crippen LogP contribution in [0.4, 0.5) is 5.69 Å². The van der Waals surface area contributed by atoms with Gasteiger partial charge in [-0.25, -0.2) is 0 Å². The Kier molecular flexibility index (Phi) is 4.51. The minimum Gasteiger partial charge on any atom is -0.382 e. The smallest absolute Gasteiger partial charge is 0.0348 e. The highest BCUT2D eigenvalue weighted by molar-refractivity contribution is 9.10. The van der Waals surface area contributed by atoms with Crippen molar-refractivity contribution in [3.63, 3.8) is 0 Å². The van der Waals surface area contributed by atoms with Crippen LogP contribution in [0.1, 0.15) is 19.8 Å². The van der Waals surface area contributed by atoms with E-state index in [9.17, 15) is 0 Å². The van der Waals surface area contributed by atoms with Crippen molar-refractivity contribution < 1.29 is 0 Å². The van der Waals surface area contributed by atoms with Gasteiger partial charge in [-0.05, 0) is 80.9 Å².